The van der Waals surface area contributed by atoms with Crippen LogP contribution in [0.25, 0.3) is 0 Å². The van der Waals surface area contributed by atoms with Gasteiger partial charge in [0.05, 0.1) is 19.8 Å². The van der Waals surface area contributed by atoms with Crippen LogP contribution in [0.4, 0.5) is 0 Å². The summed E-state index contributed by atoms with van der Waals surface area (Å²) in [5.74, 6) is -1.48. The van der Waals surface area contributed by atoms with Gasteiger partial charge in [0.2, 0.25) is 5.91 Å². The maximum atomic E-state index is 11.5. The molecule has 0 aliphatic carbocycles. The first-order chi connectivity index (χ1) is 8.00. The van der Waals surface area contributed by atoms with E-state index in [1.165, 1.54) is 13.8 Å². The Kier molecular flexibility index (Phi) is 8.00. The standard InChI is InChI=1S/C11H19NO5/c1-8(9(2)11(14)15)10(13)12-4-5-17-7-6-16-3/h4-7H2,1-3H3,(H,12,13)(H,14,15). The van der Waals surface area contributed by atoms with Crippen LogP contribution in [0.1, 0.15) is 13.8 Å². The number of carboxylic acid groups (broad SMARTS) is 1. The Labute approximate surface area is 101 Å². The van der Waals surface area contributed by atoms with Gasteiger partial charge in [-0.1, -0.05) is 0 Å². The third-order valence-electron chi connectivity index (χ3n) is 2.19. The molecule has 0 aliphatic heterocycles. The first-order valence-corrected chi connectivity index (χ1v) is 5.26. The summed E-state index contributed by atoms with van der Waals surface area (Å²) in [5, 5.41) is 11.3. The van der Waals surface area contributed by atoms with Crippen molar-refractivity contribution in [1.82, 2.24) is 5.32 Å². The maximum Gasteiger partial charge on any atom is 0.331 e. The molecule has 0 aromatic rings. The molecule has 0 aromatic carbocycles. The van der Waals surface area contributed by atoms with Crippen LogP contribution >= 0.6 is 0 Å². The zero-order chi connectivity index (χ0) is 13.3. The lowest BCUT2D eigenvalue weighted by atomic mass is 10.1. The molecular weight excluding hydrogens is 226 g/mol. The molecule has 0 radical (unpaired) electrons. The van der Waals surface area contributed by atoms with Crippen LogP contribution in [-0.2, 0) is 19.1 Å². The summed E-state index contributed by atoms with van der Waals surface area (Å²) >= 11 is 0. The highest BCUT2D eigenvalue weighted by Gasteiger charge is 2.11. The van der Waals surface area contributed by atoms with Gasteiger partial charge < -0.3 is 19.9 Å². The van der Waals surface area contributed by atoms with Crippen molar-refractivity contribution < 1.29 is 24.2 Å². The van der Waals surface area contributed by atoms with E-state index < -0.39 is 5.97 Å². The van der Waals surface area contributed by atoms with Gasteiger partial charge in [0.15, 0.2) is 0 Å². The van der Waals surface area contributed by atoms with Crippen molar-refractivity contribution in [2.75, 3.05) is 33.5 Å². The molecule has 0 bridgehead atoms. The smallest absolute Gasteiger partial charge is 0.331 e. The molecule has 1 amide bonds. The van der Waals surface area contributed by atoms with Crippen LogP contribution in [0.3, 0.4) is 0 Å². The normalized spacial score (nSPS) is 11.9. The fraction of sp³-hybridized carbons (Fsp3) is 0.636. The number of carbonyl (C=O) groups excluding carboxylic acids is 1. The fourth-order valence-electron chi connectivity index (χ4n) is 0.944. The average Bonchev–Trinajstić information content (AvgIpc) is 2.31. The highest BCUT2D eigenvalue weighted by molar-refractivity contribution is 6.01. The lowest BCUT2D eigenvalue weighted by molar-refractivity contribution is -0.133. The molecule has 0 rings (SSSR count). The van der Waals surface area contributed by atoms with Gasteiger partial charge >= 0.3 is 5.97 Å². The Bertz CT molecular complexity index is 298. The number of carbonyl (C=O) groups is 2. The summed E-state index contributed by atoms with van der Waals surface area (Å²) in [4.78, 5) is 22.1. The monoisotopic (exact) mass is 245 g/mol. The van der Waals surface area contributed by atoms with Gasteiger partial charge in [-0.25, -0.2) is 4.79 Å². The van der Waals surface area contributed by atoms with E-state index in [0.717, 1.165) is 0 Å². The minimum atomic E-state index is -1.09. The largest absolute Gasteiger partial charge is 0.478 e. The quantitative estimate of drug-likeness (QED) is 0.471. The van der Waals surface area contributed by atoms with Crippen LogP contribution in [0.5, 0.6) is 0 Å². The zero-order valence-corrected chi connectivity index (χ0v) is 10.4. The molecule has 0 saturated carbocycles. The summed E-state index contributed by atoms with van der Waals surface area (Å²) in [6, 6.07) is 0. The first kappa shape index (κ1) is 15.6. The van der Waals surface area contributed by atoms with Crippen molar-refractivity contribution in [3.63, 3.8) is 0 Å². The van der Waals surface area contributed by atoms with Gasteiger partial charge in [-0.2, -0.15) is 0 Å². The van der Waals surface area contributed by atoms with E-state index in [9.17, 15) is 9.59 Å². The fourth-order valence-corrected chi connectivity index (χ4v) is 0.944. The van der Waals surface area contributed by atoms with Gasteiger partial charge in [-0.15, -0.1) is 0 Å². The third-order valence-corrected chi connectivity index (χ3v) is 2.19. The summed E-state index contributed by atoms with van der Waals surface area (Å²) < 4.78 is 9.92. The highest BCUT2D eigenvalue weighted by atomic mass is 16.5. The summed E-state index contributed by atoms with van der Waals surface area (Å²) in [7, 11) is 1.58. The predicted molar refractivity (Wildman–Crippen MR) is 61.7 cm³/mol. The second-order valence-corrected chi connectivity index (χ2v) is 3.42. The molecule has 0 aliphatic rings. The second kappa shape index (κ2) is 8.72. The van der Waals surface area contributed by atoms with E-state index in [2.05, 4.69) is 5.32 Å². The molecule has 0 spiro atoms. The average molecular weight is 245 g/mol. The van der Waals surface area contributed by atoms with Crippen molar-refractivity contribution in [3.8, 4) is 0 Å². The summed E-state index contributed by atoms with van der Waals surface area (Å²) in [5.41, 5.74) is 0.247. The van der Waals surface area contributed by atoms with Crippen LogP contribution in [0, 0.1) is 0 Å². The van der Waals surface area contributed by atoms with Crippen molar-refractivity contribution in [2.24, 2.45) is 0 Å². The second-order valence-electron chi connectivity index (χ2n) is 3.42. The Morgan fingerprint density at radius 1 is 1.12 bits per heavy atom. The summed E-state index contributed by atoms with van der Waals surface area (Å²) in [6.45, 7) is 4.55. The van der Waals surface area contributed by atoms with Crippen molar-refractivity contribution in [3.05, 3.63) is 11.1 Å². The number of rotatable bonds is 8. The van der Waals surface area contributed by atoms with E-state index in [4.69, 9.17) is 14.6 Å². The topological polar surface area (TPSA) is 84.9 Å². The van der Waals surface area contributed by atoms with E-state index in [1.54, 1.807) is 7.11 Å². The van der Waals surface area contributed by atoms with Crippen LogP contribution in [-0.4, -0.2) is 50.5 Å². The lowest BCUT2D eigenvalue weighted by Crippen LogP contribution is -2.29. The van der Waals surface area contributed by atoms with Crippen molar-refractivity contribution in [2.45, 2.75) is 13.8 Å². The molecule has 0 saturated heterocycles. The Hall–Kier alpha value is -1.40. The Balaban J connectivity index is 3.87. The SMILES string of the molecule is COCCOCCNC(=O)C(C)=C(C)C(=O)O. The van der Waals surface area contributed by atoms with Crippen LogP contribution in [0.15, 0.2) is 11.1 Å². The van der Waals surface area contributed by atoms with Gasteiger partial charge in [0.1, 0.15) is 0 Å². The molecular formula is C11H19NO5. The Morgan fingerprint density at radius 3 is 2.29 bits per heavy atom. The van der Waals surface area contributed by atoms with Gasteiger partial charge in [0.25, 0.3) is 0 Å². The van der Waals surface area contributed by atoms with E-state index in [0.29, 0.717) is 26.4 Å². The molecule has 98 valence electrons. The molecule has 0 unspecified atom stereocenters. The number of aliphatic carboxylic acids is 1. The highest BCUT2D eigenvalue weighted by Crippen LogP contribution is 2.02. The van der Waals surface area contributed by atoms with Gasteiger partial charge in [-0.3, -0.25) is 4.79 Å². The number of nitrogens with one attached hydrogen (secondary N) is 1. The number of amides is 1. The van der Waals surface area contributed by atoms with Gasteiger partial charge in [0, 0.05) is 24.8 Å². The molecule has 17 heavy (non-hydrogen) atoms. The van der Waals surface area contributed by atoms with Gasteiger partial charge in [-0.05, 0) is 13.8 Å². The van der Waals surface area contributed by atoms with E-state index in [1.807, 2.05) is 0 Å². The number of methoxy groups -OCH3 is 1. The van der Waals surface area contributed by atoms with E-state index >= 15 is 0 Å². The minimum absolute atomic E-state index is 0.0443. The molecule has 0 aromatic heterocycles. The minimum Gasteiger partial charge on any atom is -0.478 e. The molecule has 2 N–H and O–H groups in total. The number of carboxylic acids is 1. The molecule has 0 atom stereocenters. The maximum absolute atomic E-state index is 11.5. The first-order valence-electron chi connectivity index (χ1n) is 5.26. The van der Waals surface area contributed by atoms with Crippen molar-refractivity contribution >= 4 is 11.9 Å². The zero-order valence-electron chi connectivity index (χ0n) is 10.4. The third kappa shape index (κ3) is 6.70. The molecule has 6 heteroatoms. The number of hydrogen-bond acceptors (Lipinski definition) is 4. The number of ether oxygens (including phenoxy) is 2. The van der Waals surface area contributed by atoms with Crippen LogP contribution < -0.4 is 5.32 Å². The van der Waals surface area contributed by atoms with Crippen molar-refractivity contribution in [1.29, 1.82) is 0 Å². The predicted octanol–water partition coefficient (Wildman–Crippen LogP) is 0.187. The lowest BCUT2D eigenvalue weighted by Gasteiger charge is -2.07. The van der Waals surface area contributed by atoms with Crippen LogP contribution in [0.2, 0.25) is 0 Å². The molecule has 0 heterocycles. The number of hydrogen-bond donors (Lipinski definition) is 2. The molecule has 0 fully saturated rings. The summed E-state index contributed by atoms with van der Waals surface area (Å²) in [6.07, 6.45) is 0. The molecule has 6 nitrogen and oxygen atoms in total. The Morgan fingerprint density at radius 2 is 1.76 bits per heavy atom. The van der Waals surface area contributed by atoms with E-state index in [-0.39, 0.29) is 17.1 Å².